The highest BCUT2D eigenvalue weighted by Gasteiger charge is 2.29. The van der Waals surface area contributed by atoms with Gasteiger partial charge in [0, 0.05) is 25.1 Å². The van der Waals surface area contributed by atoms with Crippen LogP contribution in [0.4, 0.5) is 16.6 Å². The van der Waals surface area contributed by atoms with Crippen molar-refractivity contribution in [2.45, 2.75) is 24.9 Å². The molecule has 2 heterocycles. The number of aromatic nitrogens is 2. The maximum atomic E-state index is 12.5. The van der Waals surface area contributed by atoms with E-state index in [9.17, 15) is 9.90 Å². The second-order valence-electron chi connectivity index (χ2n) is 8.07. The van der Waals surface area contributed by atoms with Crippen molar-refractivity contribution in [3.8, 4) is 11.1 Å². The highest BCUT2D eigenvalue weighted by atomic mass is 35.5. The number of carbonyl (C=O) groups excluding carboxylic acids is 1. The first-order valence-electron chi connectivity index (χ1n) is 10.7. The van der Waals surface area contributed by atoms with Crippen molar-refractivity contribution in [2.75, 3.05) is 29.9 Å². The van der Waals surface area contributed by atoms with Gasteiger partial charge in [-0.25, -0.2) is 9.78 Å². The predicted molar refractivity (Wildman–Crippen MR) is 123 cm³/mol. The number of fused-ring (bicyclic) bond motifs is 3. The number of aliphatic hydroxyl groups is 1. The molecule has 2 aromatic carbocycles. The molecule has 5 rings (SSSR count). The van der Waals surface area contributed by atoms with E-state index in [-0.39, 0.29) is 23.6 Å². The van der Waals surface area contributed by atoms with Crippen molar-refractivity contribution < 1.29 is 14.6 Å². The van der Waals surface area contributed by atoms with Gasteiger partial charge >= 0.3 is 6.09 Å². The van der Waals surface area contributed by atoms with E-state index in [1.807, 2.05) is 29.2 Å². The van der Waals surface area contributed by atoms with Crippen LogP contribution in [0.25, 0.3) is 11.1 Å². The molecule has 1 saturated heterocycles. The molecule has 1 unspecified atom stereocenters. The fourth-order valence-electron chi connectivity index (χ4n) is 4.51. The Bertz CT molecular complexity index is 1110. The van der Waals surface area contributed by atoms with Crippen LogP contribution in [0.1, 0.15) is 29.9 Å². The fraction of sp³-hybridized carbons (Fsp3) is 0.292. The maximum absolute atomic E-state index is 12.5. The molecule has 1 fully saturated rings. The highest BCUT2D eigenvalue weighted by Crippen LogP contribution is 2.44. The molecule has 0 saturated carbocycles. The van der Waals surface area contributed by atoms with Gasteiger partial charge in [0.05, 0.1) is 6.10 Å². The van der Waals surface area contributed by atoms with Gasteiger partial charge in [-0.05, 0) is 35.1 Å². The Morgan fingerprint density at radius 2 is 1.81 bits per heavy atom. The first-order valence-corrected chi connectivity index (χ1v) is 11.1. The molecule has 3 aromatic rings. The van der Waals surface area contributed by atoms with Crippen LogP contribution in [-0.4, -0.2) is 47.0 Å². The summed E-state index contributed by atoms with van der Waals surface area (Å²) in [6.45, 7) is 1.43. The van der Waals surface area contributed by atoms with Crippen LogP contribution in [0.5, 0.6) is 0 Å². The summed E-state index contributed by atoms with van der Waals surface area (Å²) in [5.41, 5.74) is 4.63. The van der Waals surface area contributed by atoms with Gasteiger partial charge in [-0.15, -0.1) is 0 Å². The quantitative estimate of drug-likeness (QED) is 0.571. The van der Waals surface area contributed by atoms with E-state index < -0.39 is 12.2 Å². The number of amides is 1. The molecule has 164 valence electrons. The number of rotatable bonds is 4. The van der Waals surface area contributed by atoms with Crippen LogP contribution in [0.2, 0.25) is 5.15 Å². The SMILES string of the molecule is O=C(Nc1nc(Cl)cc(N2CCCC(O)C2)n1)OCC1c2ccccc2-c2ccccc21. The molecule has 1 atom stereocenters. The number of hydrogen-bond acceptors (Lipinski definition) is 6. The molecule has 1 aliphatic carbocycles. The van der Waals surface area contributed by atoms with Crippen molar-refractivity contribution in [1.29, 1.82) is 0 Å². The van der Waals surface area contributed by atoms with Gasteiger partial charge in [0.2, 0.25) is 5.95 Å². The summed E-state index contributed by atoms with van der Waals surface area (Å²) < 4.78 is 5.56. The largest absolute Gasteiger partial charge is 0.448 e. The number of nitrogens with one attached hydrogen (secondary N) is 1. The second-order valence-corrected chi connectivity index (χ2v) is 8.45. The Hall–Kier alpha value is -3.16. The smallest absolute Gasteiger partial charge is 0.414 e. The number of piperidine rings is 1. The second kappa shape index (κ2) is 8.76. The zero-order chi connectivity index (χ0) is 22.1. The number of anilines is 2. The standard InChI is InChI=1S/C24H23ClN4O3/c25-21-12-22(29-11-5-6-15(30)13-29)27-23(26-21)28-24(31)32-14-20-18-9-3-1-7-16(18)17-8-2-4-10-19(17)20/h1-4,7-10,12,15,20,30H,5-6,11,13-14H2,(H,26,27,28,31). The van der Waals surface area contributed by atoms with Crippen LogP contribution in [0, 0.1) is 0 Å². The highest BCUT2D eigenvalue weighted by molar-refractivity contribution is 6.29. The van der Waals surface area contributed by atoms with Gasteiger partial charge in [0.25, 0.3) is 0 Å². The van der Waals surface area contributed by atoms with Gasteiger partial charge in [-0.2, -0.15) is 4.98 Å². The number of nitrogens with zero attached hydrogens (tertiary/aromatic N) is 3. The lowest BCUT2D eigenvalue weighted by atomic mass is 9.98. The van der Waals surface area contributed by atoms with E-state index in [0.29, 0.717) is 12.4 Å². The monoisotopic (exact) mass is 450 g/mol. The summed E-state index contributed by atoms with van der Waals surface area (Å²) in [6, 6.07) is 18.0. The van der Waals surface area contributed by atoms with E-state index in [1.165, 1.54) is 11.1 Å². The molecular weight excluding hydrogens is 428 g/mol. The summed E-state index contributed by atoms with van der Waals surface area (Å²) in [5.74, 6) is 0.612. The minimum Gasteiger partial charge on any atom is -0.448 e. The molecule has 1 aromatic heterocycles. The molecule has 32 heavy (non-hydrogen) atoms. The van der Waals surface area contributed by atoms with E-state index in [1.54, 1.807) is 6.07 Å². The average Bonchev–Trinajstić information content (AvgIpc) is 3.11. The van der Waals surface area contributed by atoms with Gasteiger partial charge in [-0.1, -0.05) is 60.1 Å². The summed E-state index contributed by atoms with van der Waals surface area (Å²) in [7, 11) is 0. The zero-order valence-electron chi connectivity index (χ0n) is 17.4. The molecule has 7 nitrogen and oxygen atoms in total. The van der Waals surface area contributed by atoms with Gasteiger partial charge < -0.3 is 14.7 Å². The summed E-state index contributed by atoms with van der Waals surface area (Å²) >= 11 is 6.15. The van der Waals surface area contributed by atoms with Crippen molar-refractivity contribution >= 4 is 29.5 Å². The molecule has 1 aliphatic heterocycles. The average molecular weight is 451 g/mol. The third kappa shape index (κ3) is 4.13. The van der Waals surface area contributed by atoms with Gasteiger partial charge in [0.15, 0.2) is 0 Å². The fourth-order valence-corrected chi connectivity index (χ4v) is 4.69. The lowest BCUT2D eigenvalue weighted by Crippen LogP contribution is -2.38. The number of ether oxygens (including phenoxy) is 1. The minimum atomic E-state index is -0.640. The Kier molecular flexibility index (Phi) is 5.68. The van der Waals surface area contributed by atoms with Crippen LogP contribution in [0.15, 0.2) is 54.6 Å². The van der Waals surface area contributed by atoms with Crippen LogP contribution < -0.4 is 10.2 Å². The first-order chi connectivity index (χ1) is 15.6. The number of halogens is 1. The van der Waals surface area contributed by atoms with Crippen molar-refractivity contribution in [3.63, 3.8) is 0 Å². The molecule has 0 bridgehead atoms. The normalized spacial score (nSPS) is 17.6. The lowest BCUT2D eigenvalue weighted by molar-refractivity contribution is 0.153. The van der Waals surface area contributed by atoms with Gasteiger partial charge in [0.1, 0.15) is 17.6 Å². The summed E-state index contributed by atoms with van der Waals surface area (Å²) in [4.78, 5) is 23.0. The first kappa shape index (κ1) is 20.7. The predicted octanol–water partition coefficient (Wildman–Crippen LogP) is 4.45. The van der Waals surface area contributed by atoms with E-state index >= 15 is 0 Å². The Morgan fingerprint density at radius 1 is 1.12 bits per heavy atom. The van der Waals surface area contributed by atoms with Gasteiger partial charge in [-0.3, -0.25) is 5.32 Å². The van der Waals surface area contributed by atoms with Crippen LogP contribution in [-0.2, 0) is 4.74 Å². The molecule has 0 spiro atoms. The number of aliphatic hydroxyl groups excluding tert-OH is 1. The zero-order valence-corrected chi connectivity index (χ0v) is 18.1. The molecular formula is C24H23ClN4O3. The Balaban J connectivity index is 1.28. The number of benzene rings is 2. The third-order valence-electron chi connectivity index (χ3n) is 5.96. The third-order valence-corrected chi connectivity index (χ3v) is 6.15. The topological polar surface area (TPSA) is 87.6 Å². The lowest BCUT2D eigenvalue weighted by Gasteiger charge is -2.31. The van der Waals surface area contributed by atoms with E-state index in [0.717, 1.165) is 30.5 Å². The number of hydrogen-bond donors (Lipinski definition) is 2. The number of carbonyl (C=O) groups is 1. The Morgan fingerprint density at radius 3 is 2.50 bits per heavy atom. The van der Waals surface area contributed by atoms with Crippen LogP contribution in [0.3, 0.4) is 0 Å². The molecule has 2 N–H and O–H groups in total. The van der Waals surface area contributed by atoms with Crippen LogP contribution >= 0.6 is 11.6 Å². The minimum absolute atomic E-state index is 0.0289. The molecule has 1 amide bonds. The molecule has 8 heteroatoms. The van der Waals surface area contributed by atoms with Crippen molar-refractivity contribution in [2.24, 2.45) is 0 Å². The molecule has 0 radical (unpaired) electrons. The van der Waals surface area contributed by atoms with E-state index in [4.69, 9.17) is 16.3 Å². The molecule has 2 aliphatic rings. The van der Waals surface area contributed by atoms with E-state index in [2.05, 4.69) is 39.6 Å². The Labute approximate surface area is 191 Å². The number of β-amino-alcohol motifs (C(OH)–C–C–N with tert-alkyl or cyclic N) is 1. The van der Waals surface area contributed by atoms with Crippen molar-refractivity contribution in [3.05, 3.63) is 70.9 Å². The van der Waals surface area contributed by atoms with Crippen molar-refractivity contribution in [1.82, 2.24) is 9.97 Å². The summed E-state index contributed by atoms with van der Waals surface area (Å²) in [5, 5.41) is 12.7. The summed E-state index contributed by atoms with van der Waals surface area (Å²) in [6.07, 6.45) is 0.577. The maximum Gasteiger partial charge on any atom is 0.414 e.